The molecule has 2 aliphatic heterocycles. The Morgan fingerprint density at radius 1 is 1.27 bits per heavy atom. The molecule has 0 saturated carbocycles. The van der Waals surface area contributed by atoms with Gasteiger partial charge in [-0.15, -0.1) is 0 Å². The third-order valence-electron chi connectivity index (χ3n) is 3.50. The summed E-state index contributed by atoms with van der Waals surface area (Å²) in [6, 6.07) is 0. The zero-order valence-corrected chi connectivity index (χ0v) is 10.6. The van der Waals surface area contributed by atoms with E-state index in [1.165, 1.54) is 25.9 Å². The molecule has 0 spiro atoms. The summed E-state index contributed by atoms with van der Waals surface area (Å²) in [4.78, 5) is 2.44. The summed E-state index contributed by atoms with van der Waals surface area (Å²) in [5.74, 6) is 1.74. The Bertz CT molecular complexity index is 175. The third-order valence-corrected chi connectivity index (χ3v) is 3.50. The van der Waals surface area contributed by atoms with E-state index in [2.05, 4.69) is 17.3 Å². The highest BCUT2D eigenvalue weighted by Gasteiger charge is 2.33. The first-order chi connectivity index (χ1) is 7.29. The van der Waals surface area contributed by atoms with Gasteiger partial charge in [0.15, 0.2) is 0 Å². The molecule has 90 valence electrons. The highest BCUT2D eigenvalue weighted by molar-refractivity contribution is 4.86. The minimum Gasteiger partial charge on any atom is -0.367 e. The molecule has 3 heteroatoms. The van der Waals surface area contributed by atoms with Crippen LogP contribution in [0.1, 0.15) is 26.7 Å². The largest absolute Gasteiger partial charge is 0.367 e. The topological polar surface area (TPSA) is 24.5 Å². The van der Waals surface area contributed by atoms with Gasteiger partial charge in [0.2, 0.25) is 0 Å². The Morgan fingerprint density at radius 3 is 2.67 bits per heavy atom. The molecular formula is C12H26N2O. The standard InChI is InChI=1S/C10H20N2O.C2H6/c1-12-4-3-8-6-11-10(13-2)5-9(8)7-12;1-2/h8-11H,3-7H2,1-2H3;1-2H3. The van der Waals surface area contributed by atoms with Crippen molar-refractivity contribution >= 4 is 0 Å². The second-order valence-electron chi connectivity index (χ2n) is 4.44. The monoisotopic (exact) mass is 214 g/mol. The maximum atomic E-state index is 5.35. The number of hydrogen-bond donors (Lipinski definition) is 1. The van der Waals surface area contributed by atoms with Crippen molar-refractivity contribution in [3.05, 3.63) is 0 Å². The lowest BCUT2D eigenvalue weighted by atomic mass is 9.80. The summed E-state index contributed by atoms with van der Waals surface area (Å²) in [5, 5.41) is 3.44. The van der Waals surface area contributed by atoms with E-state index in [0.29, 0.717) is 6.23 Å². The lowest BCUT2D eigenvalue weighted by Crippen LogP contribution is -2.51. The highest BCUT2D eigenvalue weighted by atomic mass is 16.5. The molecule has 0 aliphatic carbocycles. The summed E-state index contributed by atoms with van der Waals surface area (Å²) in [5.41, 5.74) is 0. The molecule has 0 aromatic rings. The van der Waals surface area contributed by atoms with E-state index in [9.17, 15) is 0 Å². The summed E-state index contributed by atoms with van der Waals surface area (Å²) in [6.45, 7) is 7.67. The number of nitrogens with one attached hydrogen (secondary N) is 1. The van der Waals surface area contributed by atoms with Gasteiger partial charge in [0.1, 0.15) is 6.23 Å². The Kier molecular flexibility index (Phi) is 5.58. The van der Waals surface area contributed by atoms with Crippen molar-refractivity contribution in [2.24, 2.45) is 11.8 Å². The number of hydrogen-bond acceptors (Lipinski definition) is 3. The average molecular weight is 214 g/mol. The maximum absolute atomic E-state index is 5.35. The first kappa shape index (κ1) is 12.9. The quantitative estimate of drug-likeness (QED) is 0.716. The van der Waals surface area contributed by atoms with Gasteiger partial charge in [-0.25, -0.2) is 0 Å². The Hall–Kier alpha value is -0.120. The summed E-state index contributed by atoms with van der Waals surface area (Å²) in [7, 11) is 4.02. The predicted molar refractivity (Wildman–Crippen MR) is 63.9 cm³/mol. The second kappa shape index (κ2) is 6.46. The molecule has 3 nitrogen and oxygen atoms in total. The van der Waals surface area contributed by atoms with Crippen LogP contribution in [0.3, 0.4) is 0 Å². The van der Waals surface area contributed by atoms with Gasteiger partial charge >= 0.3 is 0 Å². The molecule has 0 aromatic carbocycles. The van der Waals surface area contributed by atoms with E-state index in [-0.39, 0.29) is 0 Å². The van der Waals surface area contributed by atoms with Crippen molar-refractivity contribution in [1.82, 2.24) is 10.2 Å². The van der Waals surface area contributed by atoms with Crippen molar-refractivity contribution in [3.8, 4) is 0 Å². The Labute approximate surface area is 94.2 Å². The molecule has 15 heavy (non-hydrogen) atoms. The summed E-state index contributed by atoms with van der Waals surface area (Å²) < 4.78 is 5.35. The molecule has 3 atom stereocenters. The maximum Gasteiger partial charge on any atom is 0.108 e. The van der Waals surface area contributed by atoms with Gasteiger partial charge in [0.25, 0.3) is 0 Å². The number of piperidine rings is 2. The number of fused-ring (bicyclic) bond motifs is 1. The van der Waals surface area contributed by atoms with Crippen LogP contribution in [0, 0.1) is 11.8 Å². The van der Waals surface area contributed by atoms with Crippen molar-refractivity contribution in [1.29, 1.82) is 0 Å². The fourth-order valence-electron chi connectivity index (χ4n) is 2.62. The number of rotatable bonds is 1. The van der Waals surface area contributed by atoms with Crippen molar-refractivity contribution < 1.29 is 4.74 Å². The number of nitrogens with zero attached hydrogens (tertiary/aromatic N) is 1. The molecule has 0 amide bonds. The van der Waals surface area contributed by atoms with Crippen LogP contribution in [-0.4, -0.2) is 44.9 Å². The van der Waals surface area contributed by atoms with Crippen LogP contribution >= 0.6 is 0 Å². The van der Waals surface area contributed by atoms with Gasteiger partial charge in [-0.05, 0) is 38.3 Å². The summed E-state index contributed by atoms with van der Waals surface area (Å²) in [6.07, 6.45) is 2.84. The van der Waals surface area contributed by atoms with Gasteiger partial charge in [0.05, 0.1) is 0 Å². The van der Waals surface area contributed by atoms with Gasteiger partial charge < -0.3 is 9.64 Å². The first-order valence-electron chi connectivity index (χ1n) is 6.24. The SMILES string of the molecule is CC.COC1CC2CN(C)CCC2CN1. The van der Waals surface area contributed by atoms with Crippen LogP contribution in [0.5, 0.6) is 0 Å². The third kappa shape index (κ3) is 3.44. The van der Waals surface area contributed by atoms with Gasteiger partial charge in [-0.3, -0.25) is 5.32 Å². The minimum atomic E-state index is 0.299. The molecule has 1 N–H and O–H groups in total. The molecule has 2 fully saturated rings. The Morgan fingerprint density at radius 2 is 2.00 bits per heavy atom. The van der Waals surface area contributed by atoms with E-state index >= 15 is 0 Å². The minimum absolute atomic E-state index is 0.299. The Balaban J connectivity index is 0.000000531. The van der Waals surface area contributed by atoms with E-state index in [4.69, 9.17) is 4.74 Å². The molecule has 3 unspecified atom stereocenters. The second-order valence-corrected chi connectivity index (χ2v) is 4.44. The number of likely N-dealkylation sites (tertiary alicyclic amines) is 1. The smallest absolute Gasteiger partial charge is 0.108 e. The normalized spacial score (nSPS) is 36.4. The van der Waals surface area contributed by atoms with Crippen LogP contribution < -0.4 is 5.32 Å². The lowest BCUT2D eigenvalue weighted by Gasteiger charge is -2.42. The van der Waals surface area contributed by atoms with E-state index < -0.39 is 0 Å². The van der Waals surface area contributed by atoms with Crippen LogP contribution in [0.2, 0.25) is 0 Å². The lowest BCUT2D eigenvalue weighted by molar-refractivity contribution is -0.0102. The number of methoxy groups -OCH3 is 1. The van der Waals surface area contributed by atoms with Crippen LogP contribution in [0.4, 0.5) is 0 Å². The van der Waals surface area contributed by atoms with Crippen LogP contribution in [0.25, 0.3) is 0 Å². The zero-order chi connectivity index (χ0) is 11.3. The van der Waals surface area contributed by atoms with Gasteiger partial charge in [-0.1, -0.05) is 13.8 Å². The molecular weight excluding hydrogens is 188 g/mol. The molecule has 0 aromatic heterocycles. The van der Waals surface area contributed by atoms with Crippen molar-refractivity contribution in [3.63, 3.8) is 0 Å². The molecule has 2 aliphatic rings. The number of ether oxygens (including phenoxy) is 1. The van der Waals surface area contributed by atoms with Gasteiger partial charge in [-0.2, -0.15) is 0 Å². The molecule has 0 bridgehead atoms. The molecule has 2 saturated heterocycles. The zero-order valence-electron chi connectivity index (χ0n) is 10.6. The van der Waals surface area contributed by atoms with E-state index in [0.717, 1.165) is 18.4 Å². The molecule has 0 radical (unpaired) electrons. The summed E-state index contributed by atoms with van der Waals surface area (Å²) >= 11 is 0. The highest BCUT2D eigenvalue weighted by Crippen LogP contribution is 2.29. The van der Waals surface area contributed by atoms with Crippen LogP contribution in [-0.2, 0) is 4.74 Å². The molecule has 2 rings (SSSR count). The average Bonchev–Trinajstić information content (AvgIpc) is 2.30. The van der Waals surface area contributed by atoms with E-state index in [1.54, 1.807) is 7.11 Å². The van der Waals surface area contributed by atoms with Crippen molar-refractivity contribution in [2.45, 2.75) is 32.9 Å². The predicted octanol–water partition coefficient (Wildman–Crippen LogP) is 1.55. The van der Waals surface area contributed by atoms with Crippen LogP contribution in [0.15, 0.2) is 0 Å². The fraction of sp³-hybridized carbons (Fsp3) is 1.00. The molecule has 2 heterocycles. The first-order valence-corrected chi connectivity index (χ1v) is 6.24. The van der Waals surface area contributed by atoms with Gasteiger partial charge in [0, 0.05) is 20.2 Å². The fourth-order valence-corrected chi connectivity index (χ4v) is 2.62. The van der Waals surface area contributed by atoms with E-state index in [1.807, 2.05) is 13.8 Å². The van der Waals surface area contributed by atoms with Crippen molar-refractivity contribution in [2.75, 3.05) is 33.8 Å².